The first kappa shape index (κ1) is 9.97. The van der Waals surface area contributed by atoms with Crippen molar-refractivity contribution in [3.05, 3.63) is 47.5 Å². The lowest BCUT2D eigenvalue weighted by molar-refractivity contribution is -0.144. The molecule has 2 rings (SSSR count). The van der Waals surface area contributed by atoms with E-state index < -0.39 is 5.60 Å². The molecular formula is C13H14O2. The summed E-state index contributed by atoms with van der Waals surface area (Å²) in [6, 6.07) is 10.1. The largest absolute Gasteiger partial charge is 0.451 e. The molecule has 78 valence electrons. The Morgan fingerprint density at radius 2 is 1.93 bits per heavy atom. The topological polar surface area (TPSA) is 26.3 Å². The first-order valence-corrected chi connectivity index (χ1v) is 5.06. The Hall–Kier alpha value is -1.57. The lowest BCUT2D eigenvalue weighted by atomic mass is 9.91. The third-order valence-corrected chi connectivity index (χ3v) is 2.88. The zero-order valence-corrected chi connectivity index (χ0v) is 8.99. The molecule has 2 nitrogen and oxygen atoms in total. The van der Waals surface area contributed by atoms with Crippen molar-refractivity contribution in [2.75, 3.05) is 0 Å². The number of cyclic esters (lactones) is 1. The highest BCUT2D eigenvalue weighted by molar-refractivity contribution is 5.86. The molecule has 0 saturated heterocycles. The van der Waals surface area contributed by atoms with Crippen molar-refractivity contribution in [2.45, 2.75) is 25.9 Å². The molecule has 0 spiro atoms. The van der Waals surface area contributed by atoms with Crippen LogP contribution in [-0.4, -0.2) is 11.6 Å². The smallest absolute Gasteiger partial charge is 0.331 e. The van der Waals surface area contributed by atoms with Gasteiger partial charge in [0.1, 0.15) is 5.60 Å². The Kier molecular flexibility index (Phi) is 2.35. The molecule has 0 bridgehead atoms. The number of esters is 1. The van der Waals surface area contributed by atoms with Gasteiger partial charge in [-0.2, -0.15) is 0 Å². The maximum absolute atomic E-state index is 11.2. The van der Waals surface area contributed by atoms with E-state index in [1.54, 1.807) is 6.08 Å². The van der Waals surface area contributed by atoms with E-state index in [0.717, 1.165) is 12.0 Å². The molecule has 0 fully saturated rings. The van der Waals surface area contributed by atoms with E-state index in [1.807, 2.05) is 44.2 Å². The van der Waals surface area contributed by atoms with E-state index in [-0.39, 0.29) is 5.97 Å². The third kappa shape index (κ3) is 1.94. The predicted octanol–water partition coefficient (Wildman–Crippen LogP) is 2.49. The van der Waals surface area contributed by atoms with Crippen LogP contribution in [0.2, 0.25) is 0 Å². The molecule has 2 heteroatoms. The summed E-state index contributed by atoms with van der Waals surface area (Å²) in [6.07, 6.45) is 2.31. The van der Waals surface area contributed by atoms with E-state index in [0.29, 0.717) is 0 Å². The van der Waals surface area contributed by atoms with Gasteiger partial charge in [-0.3, -0.25) is 0 Å². The summed E-state index contributed by atoms with van der Waals surface area (Å²) in [6.45, 7) is 3.89. The highest BCUT2D eigenvalue weighted by Gasteiger charge is 2.35. The Balaban J connectivity index is 2.20. The molecule has 1 heterocycles. The van der Waals surface area contributed by atoms with Crippen LogP contribution in [0.5, 0.6) is 0 Å². The lowest BCUT2D eigenvalue weighted by Gasteiger charge is -2.25. The molecule has 1 unspecified atom stereocenters. The van der Waals surface area contributed by atoms with Crippen LogP contribution >= 0.6 is 0 Å². The molecule has 0 saturated carbocycles. The molecule has 0 amide bonds. The van der Waals surface area contributed by atoms with Gasteiger partial charge in [0.05, 0.1) is 0 Å². The fraction of sp³-hybridized carbons (Fsp3) is 0.308. The number of carbonyl (C=O) groups excluding carboxylic acids is 1. The van der Waals surface area contributed by atoms with Gasteiger partial charge in [-0.25, -0.2) is 4.79 Å². The van der Waals surface area contributed by atoms with E-state index in [2.05, 4.69) is 0 Å². The van der Waals surface area contributed by atoms with Crippen molar-refractivity contribution in [2.24, 2.45) is 0 Å². The molecule has 0 aromatic heterocycles. The van der Waals surface area contributed by atoms with Crippen LogP contribution < -0.4 is 0 Å². The number of hydrogen-bond donors (Lipinski definition) is 0. The second kappa shape index (κ2) is 3.54. The minimum Gasteiger partial charge on any atom is -0.451 e. The Morgan fingerprint density at radius 3 is 2.47 bits per heavy atom. The van der Waals surface area contributed by atoms with Gasteiger partial charge in [-0.15, -0.1) is 0 Å². The summed E-state index contributed by atoms with van der Waals surface area (Å²) in [5, 5.41) is 0. The van der Waals surface area contributed by atoms with Gasteiger partial charge in [0.2, 0.25) is 0 Å². The van der Waals surface area contributed by atoms with Crippen LogP contribution in [0.15, 0.2) is 42.0 Å². The summed E-state index contributed by atoms with van der Waals surface area (Å²) in [5.41, 5.74) is 1.72. The van der Waals surface area contributed by atoms with Gasteiger partial charge in [0.25, 0.3) is 0 Å². The number of carbonyl (C=O) groups is 1. The van der Waals surface area contributed by atoms with Crippen molar-refractivity contribution in [3.63, 3.8) is 0 Å². The van der Waals surface area contributed by atoms with Crippen molar-refractivity contribution in [1.82, 2.24) is 0 Å². The van der Waals surface area contributed by atoms with Crippen molar-refractivity contribution in [1.29, 1.82) is 0 Å². The van der Waals surface area contributed by atoms with Crippen molar-refractivity contribution < 1.29 is 9.53 Å². The van der Waals surface area contributed by atoms with Gasteiger partial charge >= 0.3 is 5.97 Å². The zero-order chi connectivity index (χ0) is 10.9. The normalized spacial score (nSPS) is 24.9. The average Bonchev–Trinajstić information content (AvgIpc) is 2.41. The minimum absolute atomic E-state index is 0.231. The molecule has 1 aromatic rings. The van der Waals surface area contributed by atoms with E-state index >= 15 is 0 Å². The van der Waals surface area contributed by atoms with Gasteiger partial charge in [0, 0.05) is 12.5 Å². The fourth-order valence-electron chi connectivity index (χ4n) is 1.82. The molecule has 1 aliphatic heterocycles. The Bertz CT molecular complexity index is 406. The summed E-state index contributed by atoms with van der Waals surface area (Å²) in [7, 11) is 0. The molecular weight excluding hydrogens is 188 g/mol. The molecule has 0 N–H and O–H groups in total. The molecule has 0 aliphatic carbocycles. The van der Waals surface area contributed by atoms with Crippen LogP contribution in [0.1, 0.15) is 19.4 Å². The maximum atomic E-state index is 11.2. The first-order valence-electron chi connectivity index (χ1n) is 5.06. The number of hydrogen-bond acceptors (Lipinski definition) is 2. The van der Waals surface area contributed by atoms with Crippen molar-refractivity contribution >= 4 is 5.97 Å². The van der Waals surface area contributed by atoms with Crippen molar-refractivity contribution in [3.8, 4) is 0 Å². The van der Waals surface area contributed by atoms with E-state index in [9.17, 15) is 4.79 Å². The summed E-state index contributed by atoms with van der Waals surface area (Å²) >= 11 is 0. The first-order chi connectivity index (χ1) is 7.10. The summed E-state index contributed by atoms with van der Waals surface area (Å²) < 4.78 is 5.33. The van der Waals surface area contributed by atoms with E-state index in [1.165, 1.54) is 5.56 Å². The predicted molar refractivity (Wildman–Crippen MR) is 58.4 cm³/mol. The fourth-order valence-corrected chi connectivity index (χ4v) is 1.82. The second-order valence-corrected chi connectivity index (χ2v) is 4.14. The molecule has 1 aromatic carbocycles. The second-order valence-electron chi connectivity index (χ2n) is 4.14. The van der Waals surface area contributed by atoms with Gasteiger partial charge in [0.15, 0.2) is 0 Å². The van der Waals surface area contributed by atoms with Crippen LogP contribution in [0.4, 0.5) is 0 Å². The number of benzene rings is 1. The van der Waals surface area contributed by atoms with Gasteiger partial charge in [-0.1, -0.05) is 30.3 Å². The van der Waals surface area contributed by atoms with Crippen LogP contribution in [0.25, 0.3) is 0 Å². The molecule has 1 aliphatic rings. The molecule has 1 atom stereocenters. The summed E-state index contributed by atoms with van der Waals surface area (Å²) in [4.78, 5) is 11.2. The Labute approximate surface area is 89.6 Å². The summed E-state index contributed by atoms with van der Waals surface area (Å²) in [5.74, 6) is -0.231. The lowest BCUT2D eigenvalue weighted by Crippen LogP contribution is -2.30. The minimum atomic E-state index is -0.460. The van der Waals surface area contributed by atoms with Crippen LogP contribution in [-0.2, 0) is 16.0 Å². The standard InChI is InChI=1S/C13H14O2/c1-10-8-12(14)15-13(10,2)9-11-6-4-3-5-7-11/h3-8H,9H2,1-2H3. The number of ether oxygens (including phenoxy) is 1. The monoisotopic (exact) mass is 202 g/mol. The SMILES string of the molecule is CC1=CC(=O)OC1(C)Cc1ccccc1. The van der Waals surface area contributed by atoms with Gasteiger partial charge < -0.3 is 4.74 Å². The molecule has 0 radical (unpaired) electrons. The average molecular weight is 202 g/mol. The molecule has 15 heavy (non-hydrogen) atoms. The van der Waals surface area contributed by atoms with Crippen LogP contribution in [0, 0.1) is 0 Å². The Morgan fingerprint density at radius 1 is 1.27 bits per heavy atom. The maximum Gasteiger partial charge on any atom is 0.331 e. The number of rotatable bonds is 2. The van der Waals surface area contributed by atoms with Crippen LogP contribution in [0.3, 0.4) is 0 Å². The zero-order valence-electron chi connectivity index (χ0n) is 8.99. The quantitative estimate of drug-likeness (QED) is 0.689. The third-order valence-electron chi connectivity index (χ3n) is 2.88. The highest BCUT2D eigenvalue weighted by Crippen LogP contribution is 2.30. The highest BCUT2D eigenvalue weighted by atomic mass is 16.6. The van der Waals surface area contributed by atoms with Gasteiger partial charge in [-0.05, 0) is 25.0 Å². The van der Waals surface area contributed by atoms with E-state index in [4.69, 9.17) is 4.74 Å².